The fraction of sp³-hybridized carbons (Fsp3) is 0.571. The van der Waals surface area contributed by atoms with Crippen LogP contribution in [0.4, 0.5) is 35.4 Å². The number of azo groups is 1. The molecular weight excluding hydrogens is 537 g/mol. The van der Waals surface area contributed by atoms with Gasteiger partial charge in [-0.25, -0.2) is 4.79 Å². The Hall–Kier alpha value is -2.85. The number of sulfonamides is 1. The fourth-order valence-corrected chi connectivity index (χ4v) is 4.73. The van der Waals surface area contributed by atoms with E-state index in [9.17, 15) is 26.4 Å². The van der Waals surface area contributed by atoms with Crippen LogP contribution >= 0.6 is 11.3 Å². The number of carbonyl (C=O) groups excluding carboxylic acids is 1. The fourth-order valence-electron chi connectivity index (χ4n) is 3.60. The van der Waals surface area contributed by atoms with Crippen LogP contribution in [0.15, 0.2) is 22.4 Å². The van der Waals surface area contributed by atoms with E-state index in [2.05, 4.69) is 20.4 Å². The van der Waals surface area contributed by atoms with Gasteiger partial charge >= 0.3 is 21.5 Å². The van der Waals surface area contributed by atoms with Gasteiger partial charge in [-0.05, 0) is 43.4 Å². The van der Waals surface area contributed by atoms with E-state index in [4.69, 9.17) is 9.47 Å². The minimum atomic E-state index is -5.72. The van der Waals surface area contributed by atoms with Crippen molar-refractivity contribution in [2.75, 3.05) is 36.5 Å². The van der Waals surface area contributed by atoms with Gasteiger partial charge in [-0.1, -0.05) is 25.2 Å². The predicted molar refractivity (Wildman–Crippen MR) is 131 cm³/mol. The van der Waals surface area contributed by atoms with Crippen molar-refractivity contribution in [1.29, 1.82) is 0 Å². The van der Waals surface area contributed by atoms with E-state index >= 15 is 0 Å². The van der Waals surface area contributed by atoms with Gasteiger partial charge in [0, 0.05) is 25.4 Å². The van der Waals surface area contributed by atoms with E-state index in [1.165, 1.54) is 19.2 Å². The van der Waals surface area contributed by atoms with Crippen LogP contribution in [0.25, 0.3) is 0 Å². The van der Waals surface area contributed by atoms with Gasteiger partial charge in [0.15, 0.2) is 0 Å². The van der Waals surface area contributed by atoms with Crippen molar-refractivity contribution < 1.29 is 35.9 Å². The Kier molecular flexibility index (Phi) is 9.07. The normalized spacial score (nSPS) is 16.3. The first-order valence-corrected chi connectivity index (χ1v) is 13.6. The molecule has 1 aliphatic rings. The van der Waals surface area contributed by atoms with E-state index in [1.54, 1.807) is 4.72 Å². The number of halogens is 3. The van der Waals surface area contributed by atoms with Crippen molar-refractivity contribution in [3.05, 3.63) is 22.7 Å². The van der Waals surface area contributed by atoms with E-state index in [-0.39, 0.29) is 46.7 Å². The molecule has 0 fully saturated rings. The van der Waals surface area contributed by atoms with Gasteiger partial charge in [-0.15, -0.1) is 20.4 Å². The lowest BCUT2D eigenvalue weighted by Crippen LogP contribution is -2.39. The number of nitrogens with one attached hydrogen (secondary N) is 1. The minimum Gasteiger partial charge on any atom is -0.458 e. The molecule has 1 aromatic carbocycles. The predicted octanol–water partition coefficient (Wildman–Crippen LogP) is 4.82. The first kappa shape index (κ1) is 28.7. The standard InChI is InChI=1S/C21H27F3N6O5S2/c1-12(2)11-30-13(3)5-6-14-9-15(16(10-17(14)30)29-37(32,33)21(22,23)24)25-27-20-28-26-18(36-20)19(31)35-8-7-34-4/h9-10,12-13,29H,5-8,11H2,1-4H3. The van der Waals surface area contributed by atoms with Crippen molar-refractivity contribution >= 4 is 49.5 Å². The second-order valence-electron chi connectivity index (χ2n) is 8.70. The van der Waals surface area contributed by atoms with Gasteiger partial charge in [0.2, 0.25) is 5.01 Å². The summed E-state index contributed by atoms with van der Waals surface area (Å²) < 4.78 is 74.7. The number of hydrogen-bond acceptors (Lipinski definition) is 11. The van der Waals surface area contributed by atoms with Crippen molar-refractivity contribution in [3.63, 3.8) is 0 Å². The Morgan fingerprint density at radius 3 is 2.65 bits per heavy atom. The Morgan fingerprint density at radius 2 is 2.00 bits per heavy atom. The van der Waals surface area contributed by atoms with E-state index in [0.717, 1.165) is 23.3 Å². The summed E-state index contributed by atoms with van der Waals surface area (Å²) in [6.45, 7) is 6.87. The number of methoxy groups -OCH3 is 1. The molecule has 204 valence electrons. The van der Waals surface area contributed by atoms with Crippen LogP contribution in [0.2, 0.25) is 0 Å². The zero-order valence-corrected chi connectivity index (χ0v) is 22.2. The molecule has 2 aromatic rings. The highest BCUT2D eigenvalue weighted by molar-refractivity contribution is 7.93. The second kappa shape index (κ2) is 11.7. The number of ether oxygens (including phenoxy) is 2. The Bertz CT molecular complexity index is 1250. The number of rotatable bonds is 10. The van der Waals surface area contributed by atoms with Crippen LogP contribution in [0, 0.1) is 5.92 Å². The lowest BCUT2D eigenvalue weighted by atomic mass is 9.94. The van der Waals surface area contributed by atoms with Crippen LogP contribution < -0.4 is 9.62 Å². The summed E-state index contributed by atoms with van der Waals surface area (Å²) in [6.07, 6.45) is 1.42. The molecule has 0 aliphatic carbocycles. The molecule has 0 radical (unpaired) electrons. The van der Waals surface area contributed by atoms with Gasteiger partial charge in [0.05, 0.1) is 12.3 Å². The largest absolute Gasteiger partial charge is 0.516 e. The maximum absolute atomic E-state index is 13.2. The lowest BCUT2D eigenvalue weighted by Gasteiger charge is -2.38. The number of fused-ring (bicyclic) bond motifs is 1. The summed E-state index contributed by atoms with van der Waals surface area (Å²) in [5.41, 5.74) is -4.62. The summed E-state index contributed by atoms with van der Waals surface area (Å²) in [5.74, 6) is -0.487. The maximum atomic E-state index is 13.2. The van der Waals surface area contributed by atoms with Crippen LogP contribution in [-0.2, 0) is 25.9 Å². The quantitative estimate of drug-likeness (QED) is 0.247. The van der Waals surface area contributed by atoms with Crippen LogP contribution in [0.3, 0.4) is 0 Å². The molecule has 1 atom stereocenters. The average molecular weight is 565 g/mol. The zero-order chi connectivity index (χ0) is 27.4. The van der Waals surface area contributed by atoms with Gasteiger partial charge in [-0.3, -0.25) is 4.72 Å². The maximum Gasteiger partial charge on any atom is 0.516 e. The summed E-state index contributed by atoms with van der Waals surface area (Å²) in [5, 5.41) is 15.0. The lowest BCUT2D eigenvalue weighted by molar-refractivity contribution is -0.0429. The van der Waals surface area contributed by atoms with Gasteiger partial charge in [-0.2, -0.15) is 21.6 Å². The number of anilines is 2. The summed E-state index contributed by atoms with van der Waals surface area (Å²) in [7, 11) is -4.27. The third-order valence-corrected chi connectivity index (χ3v) is 7.22. The summed E-state index contributed by atoms with van der Waals surface area (Å²) in [6, 6.07) is 2.97. The van der Waals surface area contributed by atoms with Crippen LogP contribution in [-0.4, -0.2) is 63.0 Å². The average Bonchev–Trinajstić information content (AvgIpc) is 3.28. The smallest absolute Gasteiger partial charge is 0.458 e. The highest BCUT2D eigenvalue weighted by Crippen LogP contribution is 2.41. The first-order chi connectivity index (χ1) is 17.3. The number of aromatic nitrogens is 2. The molecule has 0 saturated carbocycles. The molecule has 0 spiro atoms. The first-order valence-electron chi connectivity index (χ1n) is 11.3. The SMILES string of the molecule is COCCOC(=O)c1nnc(N=Nc2cc3c(cc2NS(=O)(=O)C(F)(F)F)N(CC(C)C)C(C)CC3)s1. The molecular formula is C21H27F3N6O5S2. The topological polar surface area (TPSA) is 135 Å². The van der Waals surface area contributed by atoms with E-state index < -0.39 is 21.5 Å². The molecule has 0 saturated heterocycles. The number of hydrogen-bond donors (Lipinski definition) is 1. The number of esters is 1. The zero-order valence-electron chi connectivity index (χ0n) is 20.6. The molecule has 16 heteroatoms. The molecule has 37 heavy (non-hydrogen) atoms. The van der Waals surface area contributed by atoms with Gasteiger partial charge in [0.25, 0.3) is 5.13 Å². The van der Waals surface area contributed by atoms with Crippen LogP contribution in [0.5, 0.6) is 0 Å². The van der Waals surface area contributed by atoms with Gasteiger partial charge < -0.3 is 14.4 Å². The highest BCUT2D eigenvalue weighted by Gasteiger charge is 2.46. The summed E-state index contributed by atoms with van der Waals surface area (Å²) in [4.78, 5) is 14.0. The molecule has 11 nitrogen and oxygen atoms in total. The number of alkyl halides is 3. The van der Waals surface area contributed by atoms with Gasteiger partial charge in [0.1, 0.15) is 12.3 Å². The Labute approximate surface area is 216 Å². The number of aryl methyl sites for hydroxylation is 1. The second-order valence-corrected chi connectivity index (χ2v) is 11.3. The Morgan fingerprint density at radius 1 is 1.27 bits per heavy atom. The molecule has 1 N–H and O–H groups in total. The van der Waals surface area contributed by atoms with Crippen molar-refractivity contribution in [2.45, 2.75) is 45.2 Å². The van der Waals surface area contributed by atoms with Crippen LogP contribution in [0.1, 0.15) is 42.6 Å². The number of benzene rings is 1. The van der Waals surface area contributed by atoms with E-state index in [1.807, 2.05) is 25.7 Å². The van der Waals surface area contributed by atoms with E-state index in [0.29, 0.717) is 18.7 Å². The van der Waals surface area contributed by atoms with Crippen molar-refractivity contribution in [1.82, 2.24) is 10.2 Å². The number of nitrogens with zero attached hydrogens (tertiary/aromatic N) is 5. The molecule has 3 rings (SSSR count). The monoisotopic (exact) mass is 564 g/mol. The molecule has 1 unspecified atom stereocenters. The highest BCUT2D eigenvalue weighted by atomic mass is 32.2. The Balaban J connectivity index is 1.98. The van der Waals surface area contributed by atoms with Crippen molar-refractivity contribution in [2.24, 2.45) is 16.1 Å². The number of carbonyl (C=O) groups is 1. The minimum absolute atomic E-state index is 0.00996. The molecule has 1 aliphatic heterocycles. The third-order valence-electron chi connectivity index (χ3n) is 5.33. The molecule has 0 amide bonds. The molecule has 0 bridgehead atoms. The molecule has 1 aromatic heterocycles. The molecule has 2 heterocycles. The summed E-state index contributed by atoms with van der Waals surface area (Å²) >= 11 is 0.753. The third kappa shape index (κ3) is 7.13. The van der Waals surface area contributed by atoms with Crippen molar-refractivity contribution in [3.8, 4) is 0 Å².